The molecule has 1 aromatic rings. The van der Waals surface area contributed by atoms with Gasteiger partial charge in [-0.25, -0.2) is 4.39 Å². The third-order valence-electron chi connectivity index (χ3n) is 3.60. The van der Waals surface area contributed by atoms with Crippen LogP contribution in [0.3, 0.4) is 0 Å². The first kappa shape index (κ1) is 15.9. The van der Waals surface area contributed by atoms with Crippen molar-refractivity contribution in [1.29, 1.82) is 0 Å². The van der Waals surface area contributed by atoms with Gasteiger partial charge < -0.3 is 10.2 Å². The summed E-state index contributed by atoms with van der Waals surface area (Å²) in [5.74, 6) is -0.116. The van der Waals surface area contributed by atoms with Crippen LogP contribution in [0.2, 0.25) is 0 Å². The minimum Gasteiger partial charge on any atom is -0.344 e. The van der Waals surface area contributed by atoms with Gasteiger partial charge in [-0.15, -0.1) is 12.4 Å². The Kier molecular flexibility index (Phi) is 5.32. The van der Waals surface area contributed by atoms with Gasteiger partial charge in [-0.05, 0) is 37.6 Å². The largest absolute Gasteiger partial charge is 0.344 e. The fourth-order valence-corrected chi connectivity index (χ4v) is 2.27. The summed E-state index contributed by atoms with van der Waals surface area (Å²) in [4.78, 5) is 14.2. The van der Waals surface area contributed by atoms with Crippen molar-refractivity contribution in [2.75, 3.05) is 27.2 Å². The maximum atomic E-state index is 12.9. The highest BCUT2D eigenvalue weighted by molar-refractivity contribution is 5.91. The number of hydrogen-bond donors (Lipinski definition) is 1. The average Bonchev–Trinajstić information content (AvgIpc) is 3.17. The summed E-state index contributed by atoms with van der Waals surface area (Å²) in [5.41, 5.74) is 0.543. The maximum Gasteiger partial charge on any atom is 0.233 e. The van der Waals surface area contributed by atoms with Gasteiger partial charge in [-0.3, -0.25) is 4.79 Å². The third-order valence-corrected chi connectivity index (χ3v) is 3.60. The number of hydrogen-bond acceptors (Lipinski definition) is 2. The molecule has 0 atom stereocenters. The van der Waals surface area contributed by atoms with Crippen molar-refractivity contribution in [1.82, 2.24) is 10.2 Å². The van der Waals surface area contributed by atoms with Gasteiger partial charge in [0.25, 0.3) is 0 Å². The highest BCUT2D eigenvalue weighted by Crippen LogP contribution is 2.49. The number of carbonyl (C=O) groups is 1. The number of likely N-dealkylation sites (N-methyl/N-ethyl adjacent to an activating group) is 2. The molecule has 3 nitrogen and oxygen atoms in total. The van der Waals surface area contributed by atoms with Crippen molar-refractivity contribution in [2.24, 2.45) is 0 Å². The normalized spacial score (nSPS) is 15.5. The van der Waals surface area contributed by atoms with Crippen LogP contribution in [0.25, 0.3) is 0 Å². The first-order chi connectivity index (χ1) is 8.60. The summed E-state index contributed by atoms with van der Waals surface area (Å²) >= 11 is 0. The zero-order chi connectivity index (χ0) is 13.2. The van der Waals surface area contributed by atoms with Crippen molar-refractivity contribution in [3.05, 3.63) is 35.6 Å². The Morgan fingerprint density at radius 1 is 1.37 bits per heavy atom. The number of rotatable bonds is 5. The van der Waals surface area contributed by atoms with E-state index in [1.54, 1.807) is 17.0 Å². The lowest BCUT2D eigenvalue weighted by Crippen LogP contribution is -2.39. The lowest BCUT2D eigenvalue weighted by molar-refractivity contribution is -0.132. The van der Waals surface area contributed by atoms with Crippen molar-refractivity contribution < 1.29 is 9.18 Å². The number of nitrogens with one attached hydrogen (secondary N) is 1. The molecule has 1 amide bonds. The Morgan fingerprint density at radius 3 is 2.42 bits per heavy atom. The Morgan fingerprint density at radius 2 is 1.95 bits per heavy atom. The average molecular weight is 287 g/mol. The van der Waals surface area contributed by atoms with Gasteiger partial charge in [0.05, 0.1) is 5.41 Å². The molecule has 0 aromatic heterocycles. The van der Waals surface area contributed by atoms with Gasteiger partial charge in [0.1, 0.15) is 5.82 Å². The van der Waals surface area contributed by atoms with Crippen LogP contribution in [0.15, 0.2) is 24.3 Å². The molecule has 1 aromatic carbocycles. The Bertz CT molecular complexity index is 432. The zero-order valence-corrected chi connectivity index (χ0v) is 12.1. The molecule has 5 heteroatoms. The van der Waals surface area contributed by atoms with E-state index in [0.717, 1.165) is 24.9 Å². The summed E-state index contributed by atoms with van der Waals surface area (Å²) in [6.07, 6.45) is 1.72. The first-order valence-corrected chi connectivity index (χ1v) is 6.26. The number of benzene rings is 1. The molecule has 0 spiro atoms. The van der Waals surface area contributed by atoms with Crippen molar-refractivity contribution in [3.8, 4) is 0 Å². The van der Waals surface area contributed by atoms with Crippen molar-refractivity contribution in [2.45, 2.75) is 18.3 Å². The molecular formula is C14H20ClFN2O. The molecule has 19 heavy (non-hydrogen) atoms. The summed E-state index contributed by atoms with van der Waals surface area (Å²) in [7, 11) is 3.69. The molecule has 0 saturated heterocycles. The maximum absolute atomic E-state index is 12.9. The van der Waals surface area contributed by atoms with Gasteiger partial charge >= 0.3 is 0 Å². The molecular weight excluding hydrogens is 267 g/mol. The van der Waals surface area contributed by atoms with Crippen LogP contribution >= 0.6 is 12.4 Å². The fourth-order valence-electron chi connectivity index (χ4n) is 2.27. The summed E-state index contributed by atoms with van der Waals surface area (Å²) < 4.78 is 12.9. The van der Waals surface area contributed by atoms with Crippen LogP contribution in [0.5, 0.6) is 0 Å². The van der Waals surface area contributed by atoms with E-state index < -0.39 is 5.41 Å². The van der Waals surface area contributed by atoms with Crippen molar-refractivity contribution >= 4 is 18.3 Å². The monoisotopic (exact) mass is 286 g/mol. The Balaban J connectivity index is 0.00000180. The topological polar surface area (TPSA) is 32.3 Å². The molecule has 2 rings (SSSR count). The lowest BCUT2D eigenvalue weighted by atomic mass is 9.94. The molecule has 0 radical (unpaired) electrons. The standard InChI is InChI=1S/C14H19FN2O.ClH/c1-16-9-10-17(2)13(18)14(7-8-14)11-3-5-12(15)6-4-11;/h3-6,16H,7-10H2,1-2H3;1H. The van der Waals surface area contributed by atoms with E-state index >= 15 is 0 Å². The first-order valence-electron chi connectivity index (χ1n) is 6.26. The van der Waals surface area contributed by atoms with Crippen molar-refractivity contribution in [3.63, 3.8) is 0 Å². The van der Waals surface area contributed by atoms with Crippen LogP contribution in [-0.2, 0) is 10.2 Å². The van der Waals surface area contributed by atoms with E-state index in [9.17, 15) is 9.18 Å². The van der Waals surface area contributed by atoms with Crippen LogP contribution < -0.4 is 5.32 Å². The van der Waals surface area contributed by atoms with Gasteiger partial charge in [-0.1, -0.05) is 12.1 Å². The van der Waals surface area contributed by atoms with Crippen LogP contribution in [0.1, 0.15) is 18.4 Å². The summed E-state index contributed by atoms with van der Waals surface area (Å²) in [5, 5.41) is 3.03. The third kappa shape index (κ3) is 3.25. The smallest absolute Gasteiger partial charge is 0.233 e. The minimum absolute atomic E-state index is 0. The summed E-state index contributed by atoms with van der Waals surface area (Å²) in [6, 6.07) is 6.31. The second-order valence-electron chi connectivity index (χ2n) is 4.92. The number of nitrogens with zero attached hydrogens (tertiary/aromatic N) is 1. The van der Waals surface area contributed by atoms with Crippen LogP contribution in [0, 0.1) is 5.82 Å². The molecule has 1 aliphatic carbocycles. The predicted molar refractivity (Wildman–Crippen MR) is 76.1 cm³/mol. The van der Waals surface area contributed by atoms with Gasteiger partial charge in [0, 0.05) is 20.1 Å². The second kappa shape index (κ2) is 6.35. The van der Waals surface area contributed by atoms with Gasteiger partial charge in [0.15, 0.2) is 0 Å². The molecule has 0 heterocycles. The van der Waals surface area contributed by atoms with E-state index in [4.69, 9.17) is 0 Å². The number of amides is 1. The second-order valence-corrected chi connectivity index (χ2v) is 4.92. The lowest BCUT2D eigenvalue weighted by Gasteiger charge is -2.23. The number of halogens is 2. The molecule has 1 fully saturated rings. The van der Waals surface area contributed by atoms with E-state index in [2.05, 4.69) is 5.32 Å². The van der Waals surface area contributed by atoms with E-state index in [-0.39, 0.29) is 24.1 Å². The van der Waals surface area contributed by atoms with E-state index in [1.165, 1.54) is 12.1 Å². The van der Waals surface area contributed by atoms with Gasteiger partial charge in [-0.2, -0.15) is 0 Å². The Labute approximate surface area is 119 Å². The highest BCUT2D eigenvalue weighted by atomic mass is 35.5. The molecule has 1 saturated carbocycles. The van der Waals surface area contributed by atoms with Crippen LogP contribution in [0.4, 0.5) is 4.39 Å². The van der Waals surface area contributed by atoms with E-state index in [1.807, 2.05) is 14.1 Å². The highest BCUT2D eigenvalue weighted by Gasteiger charge is 2.52. The minimum atomic E-state index is -0.393. The fraction of sp³-hybridized carbons (Fsp3) is 0.500. The van der Waals surface area contributed by atoms with Crippen LogP contribution in [-0.4, -0.2) is 38.0 Å². The summed E-state index contributed by atoms with van der Waals surface area (Å²) in [6.45, 7) is 1.47. The Hall–Kier alpha value is -1.13. The molecule has 1 aliphatic rings. The number of carbonyl (C=O) groups excluding carboxylic acids is 1. The molecule has 0 unspecified atom stereocenters. The predicted octanol–water partition coefficient (Wildman–Crippen LogP) is 1.96. The molecule has 0 aliphatic heterocycles. The molecule has 106 valence electrons. The van der Waals surface area contributed by atoms with Gasteiger partial charge in [0.2, 0.25) is 5.91 Å². The SMILES string of the molecule is CNCCN(C)C(=O)C1(c2ccc(F)cc2)CC1.Cl. The molecule has 1 N–H and O–H groups in total. The molecule has 0 bridgehead atoms. The zero-order valence-electron chi connectivity index (χ0n) is 11.3. The quantitative estimate of drug-likeness (QED) is 0.897. The van der Waals surface area contributed by atoms with E-state index in [0.29, 0.717) is 6.54 Å².